The van der Waals surface area contributed by atoms with E-state index in [9.17, 15) is 0 Å². The average molecular weight is 200 g/mol. The Bertz CT molecular complexity index is 59.9. The van der Waals surface area contributed by atoms with Crippen molar-refractivity contribution in [1.82, 2.24) is 0 Å². The molecule has 0 heterocycles. The van der Waals surface area contributed by atoms with Gasteiger partial charge in [-0.15, -0.1) is 6.08 Å². The van der Waals surface area contributed by atoms with Crippen LogP contribution in [0.4, 0.5) is 0 Å². The van der Waals surface area contributed by atoms with Crippen LogP contribution in [-0.2, 0) is 32.7 Å². The van der Waals surface area contributed by atoms with E-state index in [1.54, 1.807) is 6.08 Å². The third-order valence-corrected chi connectivity index (χ3v) is 0.552. The Labute approximate surface area is 85.9 Å². The molecule has 0 rings (SSSR count). The van der Waals surface area contributed by atoms with Gasteiger partial charge in [0.15, 0.2) is 0 Å². The minimum atomic E-state index is 0. The molecule has 0 aliphatic rings. The second-order valence-electron chi connectivity index (χ2n) is 1.15. The first-order chi connectivity index (χ1) is 2.91. The van der Waals surface area contributed by atoms with Gasteiger partial charge >= 0.3 is 0 Å². The zero-order valence-electron chi connectivity index (χ0n) is 4.81. The van der Waals surface area contributed by atoms with Crippen LogP contribution in [-0.4, -0.2) is 7.28 Å². The van der Waals surface area contributed by atoms with Crippen LogP contribution >= 0.6 is 0 Å². The summed E-state index contributed by atoms with van der Waals surface area (Å²) in [5.74, 6) is 3.02. The van der Waals surface area contributed by atoms with Gasteiger partial charge in [-0.05, 0) is 6.08 Å². The van der Waals surface area contributed by atoms with Crippen molar-refractivity contribution in [3.8, 4) is 0 Å². The van der Waals surface area contributed by atoms with Crippen LogP contribution in [0, 0.1) is 12.6 Å². The Morgan fingerprint density at radius 1 is 1.44 bits per heavy atom. The topological polar surface area (TPSA) is 0 Å². The van der Waals surface area contributed by atoms with Crippen molar-refractivity contribution in [3.63, 3.8) is 0 Å². The molecule has 0 aliphatic heterocycles. The molecule has 0 aromatic rings. The quantitative estimate of drug-likeness (QED) is 0.362. The van der Waals surface area contributed by atoms with Crippen molar-refractivity contribution in [1.29, 1.82) is 0 Å². The molecule has 0 aromatic heterocycles. The minimum absolute atomic E-state index is 0. The summed E-state index contributed by atoms with van der Waals surface area (Å²) in [6, 6.07) is 0. The molecule has 0 fully saturated rings. The maximum Gasteiger partial charge on any atom is 0.122 e. The van der Waals surface area contributed by atoms with Crippen LogP contribution in [0.1, 0.15) is 14.9 Å². The maximum absolute atomic E-state index is 4.99. The van der Waals surface area contributed by atoms with Crippen molar-refractivity contribution in [2.24, 2.45) is 0 Å². The van der Waals surface area contributed by atoms with E-state index in [0.29, 0.717) is 0 Å². The molecule has 1 radical (unpaired) electrons. The van der Waals surface area contributed by atoms with Crippen LogP contribution in [0.3, 0.4) is 0 Å². The summed E-state index contributed by atoms with van der Waals surface area (Å²) in [4.78, 5) is 0. The van der Waals surface area contributed by atoms with Crippen LogP contribution < -0.4 is 0 Å². The van der Waals surface area contributed by atoms with Crippen LogP contribution in [0.2, 0.25) is 6.82 Å². The molecule has 0 aromatic carbocycles. The second-order valence-corrected chi connectivity index (χ2v) is 1.15. The molecule has 0 saturated heterocycles. The molecule has 0 aliphatic carbocycles. The first-order valence-corrected chi connectivity index (χ1v) is 2.46. The molecule has 0 amide bonds. The molecule has 9 heavy (non-hydrogen) atoms. The van der Waals surface area contributed by atoms with Crippen molar-refractivity contribution < 1.29 is 32.7 Å². The van der Waals surface area contributed by atoms with Gasteiger partial charge in [0.05, 0.1) is 0 Å². The number of hydrogen-bond acceptors (Lipinski definition) is 0. The van der Waals surface area contributed by atoms with Crippen molar-refractivity contribution in [3.05, 3.63) is 24.7 Å². The molecule has 0 bridgehead atoms. The van der Waals surface area contributed by atoms with E-state index >= 15 is 0 Å². The first kappa shape index (κ1) is 22.7. The van der Waals surface area contributed by atoms with E-state index in [1.807, 2.05) is 0 Å². The van der Waals surface area contributed by atoms with E-state index in [1.165, 1.54) is 6.08 Å². The first-order valence-electron chi connectivity index (χ1n) is 2.46. The molecule has 0 spiro atoms. The van der Waals surface area contributed by atoms with Gasteiger partial charge in [0, 0.05) is 32.7 Å². The Morgan fingerprint density at radius 2 is 1.89 bits per heavy atom. The maximum atomic E-state index is 4.99. The third-order valence-electron chi connectivity index (χ3n) is 0.552. The molecule has 0 N–H and O–H groups in total. The van der Waals surface area contributed by atoms with Crippen LogP contribution in [0.5, 0.6) is 0 Å². The number of hydrogen-bond donors (Lipinski definition) is 0. The standard InChI is InChI=1S/C5H8B.2CH4.Y/c1-3-4-5-6-2;;;/h1,3-4H,6H2,2H3;2*1H4;/q-1;;;. The largest absolute Gasteiger partial charge is 0.274 e. The Morgan fingerprint density at radius 3 is 2.00 bits per heavy atom. The molecular formula is C7H16BY-. The number of allylic oxidation sites excluding steroid dienone is 2. The van der Waals surface area contributed by atoms with Crippen molar-refractivity contribution in [2.75, 3.05) is 0 Å². The summed E-state index contributed by atoms with van der Waals surface area (Å²) in [5.41, 5.74) is 0. The predicted molar refractivity (Wildman–Crippen MR) is 44.6 cm³/mol. The molecule has 0 nitrogen and oxygen atoms in total. The summed E-state index contributed by atoms with van der Waals surface area (Å²) in [5, 5.41) is 0. The fourth-order valence-electron chi connectivity index (χ4n) is 0.263. The monoisotopic (exact) mass is 200 g/mol. The predicted octanol–water partition coefficient (Wildman–Crippen LogP) is 1.78. The van der Waals surface area contributed by atoms with Gasteiger partial charge in [-0.25, -0.2) is 0 Å². The van der Waals surface area contributed by atoms with Gasteiger partial charge in [0.1, 0.15) is 7.28 Å². The van der Waals surface area contributed by atoms with Gasteiger partial charge in [0.25, 0.3) is 0 Å². The fourth-order valence-corrected chi connectivity index (χ4v) is 0.263. The molecule has 0 atom stereocenters. The smallest absolute Gasteiger partial charge is 0.122 e. The minimum Gasteiger partial charge on any atom is -0.274 e. The summed E-state index contributed by atoms with van der Waals surface area (Å²) in [7, 11) is 0.0814. The third kappa shape index (κ3) is 29.1. The molecule has 51 valence electrons. The van der Waals surface area contributed by atoms with Crippen molar-refractivity contribution >= 4 is 7.28 Å². The summed E-state index contributed by atoms with van der Waals surface area (Å²) in [6.07, 6.45) is 3.27. The number of rotatable bonds is 2. The molecule has 0 unspecified atom stereocenters. The zero-order valence-corrected chi connectivity index (χ0v) is 7.65. The normalized spacial score (nSPS) is 5.44. The Kier molecular flexibility index (Phi) is 59.2. The van der Waals surface area contributed by atoms with Crippen LogP contribution in [0.15, 0.2) is 12.2 Å². The van der Waals surface area contributed by atoms with Gasteiger partial charge < -0.3 is 0 Å². The van der Waals surface area contributed by atoms with Gasteiger partial charge in [0.2, 0.25) is 0 Å². The zero-order chi connectivity index (χ0) is 4.83. The summed E-state index contributed by atoms with van der Waals surface area (Å²) in [6.45, 7) is 7.13. The molecular weight excluding hydrogens is 184 g/mol. The average Bonchev–Trinajstić information content (AvgIpc) is 1.61. The van der Waals surface area contributed by atoms with Gasteiger partial charge in [-0.3, -0.25) is 5.98 Å². The summed E-state index contributed by atoms with van der Waals surface area (Å²) >= 11 is 0. The molecule has 2 heteroatoms. The van der Waals surface area contributed by atoms with E-state index < -0.39 is 0 Å². The van der Waals surface area contributed by atoms with E-state index in [-0.39, 0.29) is 54.8 Å². The summed E-state index contributed by atoms with van der Waals surface area (Å²) < 4.78 is 0. The van der Waals surface area contributed by atoms with E-state index in [2.05, 4.69) is 12.8 Å². The second kappa shape index (κ2) is 23.5. The molecule has 0 saturated carbocycles. The Hall–Kier alpha value is 0.559. The SMILES string of the molecule is C.C.[CH-]=CC=[C+][BH2-]C.[Y]. The van der Waals surface area contributed by atoms with Gasteiger partial charge in [-0.1, -0.05) is 14.9 Å². The van der Waals surface area contributed by atoms with E-state index in [4.69, 9.17) is 6.58 Å². The fraction of sp³-hybridized carbons (Fsp3) is 0.429. The van der Waals surface area contributed by atoms with Gasteiger partial charge in [-0.2, -0.15) is 13.4 Å². The van der Waals surface area contributed by atoms with Crippen molar-refractivity contribution in [2.45, 2.75) is 21.7 Å². The van der Waals surface area contributed by atoms with E-state index in [0.717, 1.165) is 0 Å². The Balaban J connectivity index is -0.0000000417. The van der Waals surface area contributed by atoms with Crippen LogP contribution in [0.25, 0.3) is 0 Å².